The smallest absolute Gasteiger partial charge is 0.407 e. The molecule has 0 saturated heterocycles. The zero-order chi connectivity index (χ0) is 32.1. The molecule has 12 nitrogen and oxygen atoms in total. The number of urea groups is 1. The lowest BCUT2D eigenvalue weighted by atomic mass is 9.61. The van der Waals surface area contributed by atoms with Gasteiger partial charge in [0.2, 0.25) is 12.0 Å². The first-order chi connectivity index (χ1) is 20.0. The van der Waals surface area contributed by atoms with E-state index in [4.69, 9.17) is 4.74 Å². The molecule has 12 heteroatoms. The van der Waals surface area contributed by atoms with Gasteiger partial charge in [-0.3, -0.25) is 10.1 Å². The molecular weight excluding hydrogens is 550 g/mol. The van der Waals surface area contributed by atoms with Crippen LogP contribution in [0.3, 0.4) is 0 Å². The molecule has 4 unspecified atom stereocenters. The van der Waals surface area contributed by atoms with Crippen LogP contribution in [-0.4, -0.2) is 53.9 Å². The monoisotopic (exact) mass is 597 g/mol. The van der Waals surface area contributed by atoms with Crippen LogP contribution in [0.2, 0.25) is 0 Å². The highest BCUT2D eigenvalue weighted by atomic mass is 16.5. The fourth-order valence-electron chi connectivity index (χ4n) is 7.80. The molecule has 0 aliphatic heterocycles. The van der Waals surface area contributed by atoms with E-state index in [1.165, 1.54) is 0 Å². The maximum Gasteiger partial charge on any atom is 0.407 e. The van der Waals surface area contributed by atoms with Gasteiger partial charge in [0.05, 0.1) is 19.2 Å². The van der Waals surface area contributed by atoms with Crippen LogP contribution >= 0.6 is 0 Å². The molecule has 236 valence electrons. The lowest BCUT2D eigenvalue weighted by molar-refractivity contribution is 0.0714. The van der Waals surface area contributed by atoms with Crippen molar-refractivity contribution in [3.63, 3.8) is 0 Å². The number of aromatic amines is 1. The number of rotatable bonds is 9. The Labute approximate surface area is 253 Å². The lowest BCUT2D eigenvalue weighted by Gasteiger charge is -2.45. The second-order valence-electron chi connectivity index (χ2n) is 14.9. The van der Waals surface area contributed by atoms with E-state index < -0.39 is 17.7 Å². The van der Waals surface area contributed by atoms with Crippen LogP contribution in [0.5, 0.6) is 0 Å². The number of H-pyrrole nitrogens is 1. The number of hydrogen-bond donors (Lipinski definition) is 4. The molecule has 2 aliphatic carbocycles. The number of carbonyl (C=O) groups excluding carboxylic acids is 3. The Morgan fingerprint density at radius 3 is 2.40 bits per heavy atom. The molecule has 0 bridgehead atoms. The van der Waals surface area contributed by atoms with E-state index in [2.05, 4.69) is 78.5 Å². The Hall–Kier alpha value is -3.71. The van der Waals surface area contributed by atoms with Crippen LogP contribution in [0.25, 0.3) is 0 Å². The maximum absolute atomic E-state index is 12.7. The highest BCUT2D eigenvalue weighted by Crippen LogP contribution is 2.48. The zero-order valence-corrected chi connectivity index (χ0v) is 26.6. The summed E-state index contributed by atoms with van der Waals surface area (Å²) in [5.41, 5.74) is -0.133. The summed E-state index contributed by atoms with van der Waals surface area (Å²) in [6, 6.07) is 1.76. The van der Waals surface area contributed by atoms with Crippen LogP contribution in [0.15, 0.2) is 9.79 Å². The van der Waals surface area contributed by atoms with Gasteiger partial charge in [-0.2, -0.15) is 10.2 Å². The van der Waals surface area contributed by atoms with Gasteiger partial charge in [-0.25, -0.2) is 19.4 Å². The molecule has 3 amide bonds. The van der Waals surface area contributed by atoms with Crippen molar-refractivity contribution in [3.05, 3.63) is 21.6 Å². The third-order valence-corrected chi connectivity index (χ3v) is 8.64. The molecule has 0 radical (unpaired) electrons. The van der Waals surface area contributed by atoms with Gasteiger partial charge in [0.1, 0.15) is 0 Å². The number of anilines is 1. The minimum atomic E-state index is -0.572. The number of carbonyl (C=O) groups is 2. The van der Waals surface area contributed by atoms with Crippen LogP contribution in [-0.2, 0) is 16.0 Å². The Bertz CT molecular complexity index is 1340. The van der Waals surface area contributed by atoms with Crippen LogP contribution in [0, 0.1) is 45.8 Å². The van der Waals surface area contributed by atoms with Crippen LogP contribution in [0.1, 0.15) is 91.3 Å². The van der Waals surface area contributed by atoms with Crippen molar-refractivity contribution in [1.29, 1.82) is 5.26 Å². The second kappa shape index (κ2) is 13.3. The number of aromatic nitrogens is 2. The molecule has 0 spiro atoms. The molecule has 3 rings (SSSR count). The summed E-state index contributed by atoms with van der Waals surface area (Å²) >= 11 is 0. The standard InChI is InChI=1S/C31H47N7O5/c1-20-23(8-9-43-27(42)36-22-12-29(4,5)16-31(7,13-22)17-33-19-39)24(40)37-25(35-20)38-26(41)34-18-30(6)11-21(14-32)10-28(2,3)15-30/h21-22H,8-13,15-18H2,1-7H3,(H,36,42)(H3,34,35,37,38,40,41). The number of aryl methyl sites for hydroxylation is 1. The molecule has 1 heterocycles. The summed E-state index contributed by atoms with van der Waals surface area (Å²) < 4.78 is 5.38. The average Bonchev–Trinajstić information content (AvgIpc) is 2.85. The number of alkyl carbamates (subject to hydrolysis) is 1. The Kier molecular flexibility index (Phi) is 10.4. The molecule has 2 fully saturated rings. The number of hydrogen-bond acceptors (Lipinski definition) is 8. The van der Waals surface area contributed by atoms with E-state index in [9.17, 15) is 24.4 Å². The van der Waals surface area contributed by atoms with Crippen molar-refractivity contribution in [2.24, 2.45) is 32.6 Å². The Morgan fingerprint density at radius 1 is 1.07 bits per heavy atom. The van der Waals surface area contributed by atoms with Crippen molar-refractivity contribution < 1.29 is 19.1 Å². The predicted molar refractivity (Wildman–Crippen MR) is 162 cm³/mol. The van der Waals surface area contributed by atoms with Gasteiger partial charge >= 0.3 is 12.1 Å². The largest absolute Gasteiger partial charge is 0.449 e. The van der Waals surface area contributed by atoms with Crippen LogP contribution in [0.4, 0.5) is 15.5 Å². The van der Waals surface area contributed by atoms with Gasteiger partial charge in [-0.05, 0) is 67.1 Å². The van der Waals surface area contributed by atoms with Crippen molar-refractivity contribution in [2.75, 3.05) is 25.0 Å². The summed E-state index contributed by atoms with van der Waals surface area (Å²) in [5.74, 6) is -0.0279. The minimum absolute atomic E-state index is 0.0110. The van der Waals surface area contributed by atoms with Crippen molar-refractivity contribution in [3.8, 4) is 6.07 Å². The lowest BCUT2D eigenvalue weighted by Crippen LogP contribution is -2.48. The number of isocyanates is 1. The number of amides is 3. The molecule has 1 aromatic rings. The molecule has 2 saturated carbocycles. The zero-order valence-electron chi connectivity index (χ0n) is 26.6. The van der Waals surface area contributed by atoms with Gasteiger partial charge in [-0.15, -0.1) is 0 Å². The van der Waals surface area contributed by atoms with Crippen molar-refractivity contribution >= 4 is 24.2 Å². The SMILES string of the molecule is Cc1[nH]c(NC(=O)NCC2(C)CC(C#N)CC(C)(C)C2)nc(=O)c1CCOC(=O)NC1CC(C)(C)CC(C)(CN=C=O)C1. The number of ether oxygens (including phenoxy) is 1. The topological polar surface area (TPSA) is 178 Å². The highest BCUT2D eigenvalue weighted by molar-refractivity contribution is 5.87. The molecular formula is C31H47N7O5. The van der Waals surface area contributed by atoms with E-state index in [0.29, 0.717) is 37.2 Å². The summed E-state index contributed by atoms with van der Waals surface area (Å²) in [6.07, 6.45) is 5.95. The number of nitrogens with zero attached hydrogens (tertiary/aromatic N) is 3. The van der Waals surface area contributed by atoms with Crippen molar-refractivity contribution in [1.82, 2.24) is 20.6 Å². The number of nitriles is 1. The Balaban J connectivity index is 1.50. The highest BCUT2D eigenvalue weighted by Gasteiger charge is 2.42. The van der Waals surface area contributed by atoms with Gasteiger partial charge < -0.3 is 20.4 Å². The third-order valence-electron chi connectivity index (χ3n) is 8.64. The molecule has 43 heavy (non-hydrogen) atoms. The van der Waals surface area contributed by atoms with E-state index in [-0.39, 0.29) is 52.6 Å². The third kappa shape index (κ3) is 9.92. The van der Waals surface area contributed by atoms with Gasteiger partial charge in [0.25, 0.3) is 5.56 Å². The quantitative estimate of drug-likeness (QED) is 0.234. The van der Waals surface area contributed by atoms with E-state index in [1.54, 1.807) is 13.0 Å². The first-order valence-electron chi connectivity index (χ1n) is 15.0. The van der Waals surface area contributed by atoms with Gasteiger partial charge in [0, 0.05) is 36.2 Å². The first kappa shape index (κ1) is 33.8. The van der Waals surface area contributed by atoms with Gasteiger partial charge in [0.15, 0.2) is 0 Å². The molecule has 4 N–H and O–H groups in total. The number of aliphatic imine (C=N–C) groups is 1. The summed E-state index contributed by atoms with van der Waals surface area (Å²) in [5, 5.41) is 17.9. The Morgan fingerprint density at radius 2 is 1.74 bits per heavy atom. The summed E-state index contributed by atoms with van der Waals surface area (Å²) in [7, 11) is 0. The maximum atomic E-state index is 12.7. The summed E-state index contributed by atoms with van der Waals surface area (Å²) in [6.45, 7) is 15.1. The van der Waals surface area contributed by atoms with Gasteiger partial charge in [-0.1, -0.05) is 41.5 Å². The predicted octanol–water partition coefficient (Wildman–Crippen LogP) is 4.75. The normalized spacial score (nSPS) is 27.6. The van der Waals surface area contributed by atoms with Crippen molar-refractivity contribution in [2.45, 2.75) is 99.5 Å². The van der Waals surface area contributed by atoms with Crippen LogP contribution < -0.4 is 21.5 Å². The fourth-order valence-corrected chi connectivity index (χ4v) is 7.80. The molecule has 2 aliphatic rings. The van der Waals surface area contributed by atoms with E-state index >= 15 is 0 Å². The first-order valence-corrected chi connectivity index (χ1v) is 15.0. The summed E-state index contributed by atoms with van der Waals surface area (Å²) in [4.78, 5) is 59.3. The number of nitrogens with one attached hydrogen (secondary N) is 4. The average molecular weight is 598 g/mol. The second-order valence-corrected chi connectivity index (χ2v) is 14.9. The van der Waals surface area contributed by atoms with E-state index in [0.717, 1.165) is 25.7 Å². The minimum Gasteiger partial charge on any atom is -0.449 e. The molecule has 4 atom stereocenters. The molecule has 0 aromatic carbocycles. The fraction of sp³-hybridized carbons (Fsp3) is 0.742. The molecule has 1 aromatic heterocycles. The van der Waals surface area contributed by atoms with E-state index in [1.807, 2.05) is 0 Å².